The van der Waals surface area contributed by atoms with Gasteiger partial charge in [-0.15, -0.1) is 0 Å². The van der Waals surface area contributed by atoms with E-state index in [2.05, 4.69) is 27.3 Å². The molecule has 0 aliphatic heterocycles. The van der Waals surface area contributed by atoms with Crippen LogP contribution in [0.25, 0.3) is 0 Å². The lowest BCUT2D eigenvalue weighted by atomic mass is 10.2. The highest BCUT2D eigenvalue weighted by molar-refractivity contribution is 9.10. The van der Waals surface area contributed by atoms with Crippen LogP contribution in [0, 0.1) is 11.3 Å². The van der Waals surface area contributed by atoms with Crippen LogP contribution in [0.3, 0.4) is 0 Å². The van der Waals surface area contributed by atoms with Gasteiger partial charge in [-0.05, 0) is 46.3 Å². The van der Waals surface area contributed by atoms with Gasteiger partial charge in [-0.3, -0.25) is 0 Å². The highest BCUT2D eigenvalue weighted by Gasteiger charge is 2.02. The lowest BCUT2D eigenvalue weighted by Gasteiger charge is -2.10. The molecule has 0 amide bonds. The van der Waals surface area contributed by atoms with Crippen LogP contribution in [0.5, 0.6) is 5.75 Å². The smallest absolute Gasteiger partial charge is 0.121 e. The third-order valence-electron chi connectivity index (χ3n) is 2.60. The second-order valence-corrected chi connectivity index (χ2v) is 4.95. The number of anilines is 2. The Labute approximate surface area is 126 Å². The first-order valence-corrected chi connectivity index (χ1v) is 6.92. The molecule has 0 aliphatic carbocycles. The summed E-state index contributed by atoms with van der Waals surface area (Å²) >= 11 is 3.37. The Kier molecular flexibility index (Phi) is 4.99. The molecule has 20 heavy (non-hydrogen) atoms. The number of ether oxygens (including phenoxy) is 1. The maximum atomic E-state index is 8.89. The molecule has 102 valence electrons. The summed E-state index contributed by atoms with van der Waals surface area (Å²) in [5.74, 6) is 0.771. The number of hydrogen-bond donors (Lipinski definition) is 2. The molecule has 0 saturated carbocycles. The van der Waals surface area contributed by atoms with E-state index in [1.165, 1.54) is 0 Å². The molecule has 2 aromatic rings. The third kappa shape index (κ3) is 3.73. The Morgan fingerprint density at radius 1 is 1.20 bits per heavy atom. The van der Waals surface area contributed by atoms with Gasteiger partial charge in [0.25, 0.3) is 0 Å². The van der Waals surface area contributed by atoms with Gasteiger partial charge in [0.2, 0.25) is 0 Å². The minimum atomic E-state index is 0.486. The van der Waals surface area contributed by atoms with Gasteiger partial charge in [-0.1, -0.05) is 6.07 Å². The fraction of sp³-hybridized carbons (Fsp3) is 0.133. The van der Waals surface area contributed by atoms with Crippen molar-refractivity contribution in [2.24, 2.45) is 5.73 Å². The Morgan fingerprint density at radius 2 is 2.00 bits per heavy atom. The van der Waals surface area contributed by atoms with Crippen molar-refractivity contribution in [2.75, 3.05) is 18.5 Å². The molecule has 0 heterocycles. The average Bonchev–Trinajstić information content (AvgIpc) is 2.46. The predicted octanol–water partition coefficient (Wildman–Crippen LogP) is 3.40. The molecule has 0 fully saturated rings. The van der Waals surface area contributed by atoms with Crippen molar-refractivity contribution in [1.29, 1.82) is 5.26 Å². The normalized spacial score (nSPS) is 9.85. The molecular formula is C15H14BrN3O. The van der Waals surface area contributed by atoms with Crippen LogP contribution in [0.2, 0.25) is 0 Å². The molecule has 3 N–H and O–H groups in total. The van der Waals surface area contributed by atoms with Crippen LogP contribution >= 0.6 is 15.9 Å². The zero-order valence-corrected chi connectivity index (χ0v) is 12.4. The topological polar surface area (TPSA) is 71.1 Å². The maximum Gasteiger partial charge on any atom is 0.121 e. The minimum absolute atomic E-state index is 0.486. The van der Waals surface area contributed by atoms with Gasteiger partial charge in [0.05, 0.1) is 5.56 Å². The van der Waals surface area contributed by atoms with E-state index in [-0.39, 0.29) is 0 Å². The zero-order valence-electron chi connectivity index (χ0n) is 10.8. The van der Waals surface area contributed by atoms with Crippen molar-refractivity contribution in [3.05, 3.63) is 52.5 Å². The summed E-state index contributed by atoms with van der Waals surface area (Å²) in [5, 5.41) is 12.2. The third-order valence-corrected chi connectivity index (χ3v) is 3.25. The number of nitrogens with one attached hydrogen (secondary N) is 1. The predicted molar refractivity (Wildman–Crippen MR) is 83.1 cm³/mol. The van der Waals surface area contributed by atoms with Crippen LogP contribution in [0.1, 0.15) is 5.56 Å². The van der Waals surface area contributed by atoms with Crippen LogP contribution < -0.4 is 15.8 Å². The second-order valence-electron chi connectivity index (χ2n) is 4.10. The van der Waals surface area contributed by atoms with Crippen molar-refractivity contribution in [1.82, 2.24) is 0 Å². The number of benzene rings is 2. The number of nitriles is 1. The lowest BCUT2D eigenvalue weighted by molar-refractivity contribution is 0.328. The zero-order chi connectivity index (χ0) is 14.4. The fourth-order valence-electron chi connectivity index (χ4n) is 1.69. The summed E-state index contributed by atoms with van der Waals surface area (Å²) in [5.41, 5.74) is 7.83. The molecule has 0 unspecified atom stereocenters. The molecule has 0 atom stereocenters. The maximum absolute atomic E-state index is 8.89. The molecule has 0 spiro atoms. The van der Waals surface area contributed by atoms with Gasteiger partial charge >= 0.3 is 0 Å². The van der Waals surface area contributed by atoms with E-state index in [1.54, 1.807) is 6.07 Å². The van der Waals surface area contributed by atoms with Gasteiger partial charge in [-0.25, -0.2) is 0 Å². The van der Waals surface area contributed by atoms with E-state index in [0.717, 1.165) is 21.6 Å². The number of nitrogens with zero attached hydrogens (tertiary/aromatic N) is 1. The SMILES string of the molecule is N#Cc1ccc(Nc2cccc(OCCN)c2)cc1Br. The van der Waals surface area contributed by atoms with Gasteiger partial charge in [0.15, 0.2) is 0 Å². The quantitative estimate of drug-likeness (QED) is 0.880. The molecule has 0 saturated heterocycles. The molecule has 0 bridgehead atoms. The molecular weight excluding hydrogens is 318 g/mol. The van der Waals surface area contributed by atoms with Crippen molar-refractivity contribution in [2.45, 2.75) is 0 Å². The van der Waals surface area contributed by atoms with Crippen LogP contribution in [0.4, 0.5) is 11.4 Å². The number of nitrogens with two attached hydrogens (primary N) is 1. The van der Waals surface area contributed by atoms with E-state index in [9.17, 15) is 0 Å². The van der Waals surface area contributed by atoms with Crippen LogP contribution in [-0.2, 0) is 0 Å². The molecule has 2 aromatic carbocycles. The van der Waals surface area contributed by atoms with Crippen molar-refractivity contribution < 1.29 is 4.74 Å². The van der Waals surface area contributed by atoms with Crippen molar-refractivity contribution >= 4 is 27.3 Å². The van der Waals surface area contributed by atoms with Crippen molar-refractivity contribution in [3.63, 3.8) is 0 Å². The van der Waals surface area contributed by atoms with Gasteiger partial charge in [-0.2, -0.15) is 5.26 Å². The highest BCUT2D eigenvalue weighted by atomic mass is 79.9. The standard InChI is InChI=1S/C15H14BrN3O/c16-15-9-13(5-4-11(15)10-18)19-12-2-1-3-14(8-12)20-7-6-17/h1-5,8-9,19H,6-7,17H2. The monoisotopic (exact) mass is 331 g/mol. The first kappa shape index (κ1) is 14.4. The van der Waals surface area contributed by atoms with E-state index in [4.69, 9.17) is 15.7 Å². The van der Waals surface area contributed by atoms with E-state index >= 15 is 0 Å². The van der Waals surface area contributed by atoms with Crippen LogP contribution in [0.15, 0.2) is 46.9 Å². The minimum Gasteiger partial charge on any atom is -0.492 e. The molecule has 0 radical (unpaired) electrons. The van der Waals surface area contributed by atoms with Gasteiger partial charge in [0, 0.05) is 28.5 Å². The second kappa shape index (κ2) is 6.94. The summed E-state index contributed by atoms with van der Waals surface area (Å²) in [6.45, 7) is 0.978. The Hall–Kier alpha value is -2.03. The largest absolute Gasteiger partial charge is 0.492 e. The number of rotatable bonds is 5. The Morgan fingerprint density at radius 3 is 2.70 bits per heavy atom. The van der Waals surface area contributed by atoms with Crippen molar-refractivity contribution in [3.8, 4) is 11.8 Å². The summed E-state index contributed by atoms with van der Waals surface area (Å²) in [6, 6.07) is 15.2. The Bertz CT molecular complexity index is 637. The number of hydrogen-bond acceptors (Lipinski definition) is 4. The van der Waals surface area contributed by atoms with Crippen LogP contribution in [-0.4, -0.2) is 13.2 Å². The molecule has 0 aromatic heterocycles. The molecule has 4 nitrogen and oxygen atoms in total. The first-order valence-electron chi connectivity index (χ1n) is 6.12. The average molecular weight is 332 g/mol. The summed E-state index contributed by atoms with van der Waals surface area (Å²) in [7, 11) is 0. The lowest BCUT2D eigenvalue weighted by Crippen LogP contribution is -2.10. The molecule has 2 rings (SSSR count). The van der Waals surface area contributed by atoms with Gasteiger partial charge < -0.3 is 15.8 Å². The van der Waals surface area contributed by atoms with E-state index < -0.39 is 0 Å². The summed E-state index contributed by atoms with van der Waals surface area (Å²) < 4.78 is 6.24. The van der Waals surface area contributed by atoms with E-state index in [0.29, 0.717) is 18.7 Å². The van der Waals surface area contributed by atoms with E-state index in [1.807, 2.05) is 36.4 Å². The van der Waals surface area contributed by atoms with Gasteiger partial charge in [0.1, 0.15) is 18.4 Å². The first-order chi connectivity index (χ1) is 9.72. The summed E-state index contributed by atoms with van der Waals surface area (Å²) in [4.78, 5) is 0. The highest BCUT2D eigenvalue weighted by Crippen LogP contribution is 2.25. The molecule has 5 heteroatoms. The fourth-order valence-corrected chi connectivity index (χ4v) is 2.16. The summed E-state index contributed by atoms with van der Waals surface area (Å²) in [6.07, 6.45) is 0. The number of halogens is 1. The molecule has 0 aliphatic rings. The Balaban J connectivity index is 2.13.